The fraction of sp³-hybridized carbons (Fsp3) is 0.600. The first-order chi connectivity index (χ1) is 8.66. The van der Waals surface area contributed by atoms with E-state index < -0.39 is 24.3 Å². The van der Waals surface area contributed by atoms with Gasteiger partial charge >= 0.3 is 7.12 Å². The molecule has 1 unspecified atom stereocenters. The Hall–Kier alpha value is -0.835. The first kappa shape index (κ1) is 14.6. The maximum absolute atomic E-state index is 10.6. The van der Waals surface area contributed by atoms with Crippen molar-refractivity contribution >= 4 is 7.12 Å². The van der Waals surface area contributed by atoms with Crippen LogP contribution >= 0.6 is 0 Å². The zero-order chi connectivity index (χ0) is 14.4. The smallest absolute Gasteiger partial charge is 0.401 e. The molecule has 1 N–H and O–H groups in total. The second-order valence-electron chi connectivity index (χ2n) is 6.38. The summed E-state index contributed by atoms with van der Waals surface area (Å²) in [5, 5.41) is 10.6. The van der Waals surface area contributed by atoms with Crippen LogP contribution in [0, 0.1) is 13.8 Å². The van der Waals surface area contributed by atoms with Crippen molar-refractivity contribution < 1.29 is 14.4 Å². The van der Waals surface area contributed by atoms with Gasteiger partial charge in [-0.1, -0.05) is 18.2 Å². The Morgan fingerprint density at radius 2 is 1.42 bits per heavy atom. The maximum Gasteiger partial charge on any atom is 0.493 e. The van der Waals surface area contributed by atoms with Crippen LogP contribution in [0.2, 0.25) is 0 Å². The Labute approximate surface area is 116 Å². The summed E-state index contributed by atoms with van der Waals surface area (Å²) in [6.07, 6.45) is 0. The predicted octanol–water partition coefficient (Wildman–Crippen LogP) is 2.97. The molecule has 1 aliphatic rings. The summed E-state index contributed by atoms with van der Waals surface area (Å²) in [5.41, 5.74) is 2.18. The average Bonchev–Trinajstić information content (AvgIpc) is 2.47. The Kier molecular flexibility index (Phi) is 3.54. The average molecular weight is 262 g/mol. The summed E-state index contributed by atoms with van der Waals surface area (Å²) in [5.74, 6) is 0. The molecule has 0 bridgehead atoms. The van der Waals surface area contributed by atoms with Crippen molar-refractivity contribution in [2.24, 2.45) is 0 Å². The Morgan fingerprint density at radius 3 is 1.84 bits per heavy atom. The zero-order valence-electron chi connectivity index (χ0n) is 12.7. The van der Waals surface area contributed by atoms with Crippen molar-refractivity contribution in [1.29, 1.82) is 0 Å². The van der Waals surface area contributed by atoms with E-state index in [1.807, 2.05) is 59.7 Å². The molecule has 1 aliphatic heterocycles. The highest BCUT2D eigenvalue weighted by Gasteiger charge is 2.54. The molecule has 0 spiro atoms. The normalized spacial score (nSPS) is 22.6. The second kappa shape index (κ2) is 4.62. The number of rotatable bonds is 2. The summed E-state index contributed by atoms with van der Waals surface area (Å²) in [4.78, 5) is 0. The third-order valence-electron chi connectivity index (χ3n) is 4.37. The number of aliphatic hydroxyl groups excluding tert-OH is 1. The minimum atomic E-state index is -0.762. The van der Waals surface area contributed by atoms with Crippen LogP contribution in [-0.4, -0.2) is 23.4 Å². The molecule has 104 valence electrons. The molecule has 4 heteroatoms. The van der Waals surface area contributed by atoms with Crippen LogP contribution in [0.25, 0.3) is 0 Å². The lowest BCUT2D eigenvalue weighted by atomic mass is 9.74. The summed E-state index contributed by atoms with van der Waals surface area (Å²) >= 11 is 0. The van der Waals surface area contributed by atoms with Gasteiger partial charge < -0.3 is 14.4 Å². The van der Waals surface area contributed by atoms with Crippen LogP contribution in [0.4, 0.5) is 0 Å². The minimum Gasteiger partial charge on any atom is -0.401 e. The monoisotopic (exact) mass is 262 g/mol. The van der Waals surface area contributed by atoms with Gasteiger partial charge in [-0.3, -0.25) is 0 Å². The fourth-order valence-corrected chi connectivity index (χ4v) is 2.45. The van der Waals surface area contributed by atoms with Crippen LogP contribution in [0.1, 0.15) is 50.4 Å². The van der Waals surface area contributed by atoms with E-state index in [-0.39, 0.29) is 0 Å². The van der Waals surface area contributed by atoms with Gasteiger partial charge in [0.2, 0.25) is 0 Å². The molecule has 0 aromatic heterocycles. The van der Waals surface area contributed by atoms with Gasteiger partial charge in [-0.15, -0.1) is 0 Å². The lowest BCUT2D eigenvalue weighted by Crippen LogP contribution is -2.41. The molecule has 19 heavy (non-hydrogen) atoms. The van der Waals surface area contributed by atoms with E-state index in [4.69, 9.17) is 9.31 Å². The molecule has 2 rings (SSSR count). The predicted molar refractivity (Wildman–Crippen MR) is 77.0 cm³/mol. The molecule has 0 radical (unpaired) electrons. The maximum atomic E-state index is 10.6. The quantitative estimate of drug-likeness (QED) is 0.833. The van der Waals surface area contributed by atoms with Crippen molar-refractivity contribution in [2.45, 2.75) is 58.7 Å². The third-order valence-corrected chi connectivity index (χ3v) is 4.37. The minimum absolute atomic E-state index is 0.421. The first-order valence-corrected chi connectivity index (χ1v) is 6.75. The zero-order valence-corrected chi connectivity index (χ0v) is 12.7. The van der Waals surface area contributed by atoms with Crippen molar-refractivity contribution in [3.8, 4) is 0 Å². The molecular weight excluding hydrogens is 239 g/mol. The molecule has 0 amide bonds. The summed E-state index contributed by atoms with van der Waals surface area (Å²) in [7, 11) is -0.621. The molecule has 3 nitrogen and oxygen atoms in total. The SMILES string of the molecule is Cc1cccc(C)c1C(O)B1OC(C)(C)C(C)(C)O1. The summed E-state index contributed by atoms with van der Waals surface area (Å²) in [6.45, 7) is 12.0. The van der Waals surface area contributed by atoms with Gasteiger partial charge in [0.25, 0.3) is 0 Å². The van der Waals surface area contributed by atoms with Crippen LogP contribution in [-0.2, 0) is 9.31 Å². The Morgan fingerprint density at radius 1 is 1.00 bits per heavy atom. The molecular formula is C15H23BO3. The number of aliphatic hydroxyl groups is 1. The standard InChI is InChI=1S/C15H23BO3/c1-10-8-7-9-11(2)12(10)13(17)16-18-14(3,4)15(5,6)19-16/h7-9,13,17H,1-6H3. The lowest BCUT2D eigenvalue weighted by molar-refractivity contribution is 0.00578. The molecule has 1 aromatic rings. The van der Waals surface area contributed by atoms with E-state index in [0.29, 0.717) is 0 Å². The summed E-state index contributed by atoms with van der Waals surface area (Å²) in [6, 6.07) is 5.22. The van der Waals surface area contributed by atoms with Crippen molar-refractivity contribution in [3.05, 3.63) is 34.9 Å². The molecule has 1 aromatic carbocycles. The number of benzene rings is 1. The molecule has 0 saturated carbocycles. The van der Waals surface area contributed by atoms with E-state index in [9.17, 15) is 5.11 Å². The Balaban J connectivity index is 2.30. The topological polar surface area (TPSA) is 38.7 Å². The highest BCUT2D eigenvalue weighted by molar-refractivity contribution is 6.47. The largest absolute Gasteiger partial charge is 0.493 e. The molecule has 1 fully saturated rings. The van der Waals surface area contributed by atoms with Gasteiger partial charge in [0.05, 0.1) is 11.2 Å². The number of hydrogen-bond donors (Lipinski definition) is 1. The fourth-order valence-electron chi connectivity index (χ4n) is 2.45. The third kappa shape index (κ3) is 2.45. The van der Waals surface area contributed by atoms with Gasteiger partial charge in [-0.2, -0.15) is 0 Å². The lowest BCUT2D eigenvalue weighted by Gasteiger charge is -2.32. The van der Waals surface area contributed by atoms with Crippen LogP contribution in [0.3, 0.4) is 0 Å². The van der Waals surface area contributed by atoms with E-state index in [0.717, 1.165) is 16.7 Å². The Bertz CT molecular complexity index is 446. The molecule has 1 saturated heterocycles. The van der Waals surface area contributed by atoms with Gasteiger partial charge in [0.15, 0.2) is 0 Å². The molecule has 1 heterocycles. The highest BCUT2D eigenvalue weighted by atomic mass is 16.7. The second-order valence-corrected chi connectivity index (χ2v) is 6.38. The highest BCUT2D eigenvalue weighted by Crippen LogP contribution is 2.40. The van der Waals surface area contributed by atoms with Gasteiger partial charge in [-0.05, 0) is 58.2 Å². The van der Waals surface area contributed by atoms with E-state index in [1.54, 1.807) is 0 Å². The van der Waals surface area contributed by atoms with E-state index in [2.05, 4.69) is 0 Å². The van der Waals surface area contributed by atoms with Crippen LogP contribution in [0.5, 0.6) is 0 Å². The molecule has 1 atom stereocenters. The first-order valence-electron chi connectivity index (χ1n) is 6.75. The number of hydrogen-bond acceptors (Lipinski definition) is 3. The van der Waals surface area contributed by atoms with Crippen molar-refractivity contribution in [1.82, 2.24) is 0 Å². The van der Waals surface area contributed by atoms with E-state index >= 15 is 0 Å². The summed E-state index contributed by atoms with van der Waals surface area (Å²) < 4.78 is 11.8. The number of aryl methyl sites for hydroxylation is 2. The van der Waals surface area contributed by atoms with Crippen LogP contribution < -0.4 is 0 Å². The van der Waals surface area contributed by atoms with Gasteiger partial charge in [0.1, 0.15) is 6.00 Å². The van der Waals surface area contributed by atoms with Crippen molar-refractivity contribution in [3.63, 3.8) is 0 Å². The molecule has 0 aliphatic carbocycles. The van der Waals surface area contributed by atoms with Crippen LogP contribution in [0.15, 0.2) is 18.2 Å². The van der Waals surface area contributed by atoms with Gasteiger partial charge in [0, 0.05) is 0 Å². The van der Waals surface area contributed by atoms with Crippen molar-refractivity contribution in [2.75, 3.05) is 0 Å². The van der Waals surface area contributed by atoms with Gasteiger partial charge in [-0.25, -0.2) is 0 Å². The van der Waals surface area contributed by atoms with E-state index in [1.165, 1.54) is 0 Å².